The van der Waals surface area contributed by atoms with Gasteiger partial charge in [0.1, 0.15) is 11.6 Å². The number of nitrogens with zero attached hydrogens (tertiary/aromatic N) is 2. The lowest BCUT2D eigenvalue weighted by atomic mass is 10.3. The highest BCUT2D eigenvalue weighted by atomic mass is 16.1. The summed E-state index contributed by atoms with van der Waals surface area (Å²) < 4.78 is 0. The number of aromatic amines is 1. The number of rotatable bonds is 6. The lowest BCUT2D eigenvalue weighted by Crippen LogP contribution is -2.31. The minimum Gasteiger partial charge on any atom is -0.369 e. The van der Waals surface area contributed by atoms with Crippen LogP contribution in [0.1, 0.15) is 26.6 Å². The molecule has 5 heteroatoms. The lowest BCUT2D eigenvalue weighted by molar-refractivity contribution is 0.284. The first-order chi connectivity index (χ1) is 8.02. The van der Waals surface area contributed by atoms with Gasteiger partial charge in [0.25, 0.3) is 5.56 Å². The Morgan fingerprint density at radius 1 is 1.53 bits per heavy atom. The molecule has 0 saturated carbocycles. The fourth-order valence-electron chi connectivity index (χ4n) is 1.38. The first-order valence-corrected chi connectivity index (χ1v) is 6.07. The average Bonchev–Trinajstić information content (AvgIpc) is 2.27. The smallest absolute Gasteiger partial charge is 0.252 e. The number of aryl methyl sites for hydroxylation is 1. The molecule has 0 spiro atoms. The summed E-state index contributed by atoms with van der Waals surface area (Å²) in [7, 11) is 2.08. The van der Waals surface area contributed by atoms with E-state index in [-0.39, 0.29) is 5.56 Å². The molecule has 0 aliphatic rings. The van der Waals surface area contributed by atoms with Gasteiger partial charge in [-0.05, 0) is 20.9 Å². The lowest BCUT2D eigenvalue weighted by Gasteiger charge is -2.21. The van der Waals surface area contributed by atoms with Crippen molar-refractivity contribution in [1.29, 1.82) is 0 Å². The first-order valence-electron chi connectivity index (χ1n) is 6.07. The van der Waals surface area contributed by atoms with E-state index in [9.17, 15) is 4.79 Å². The topological polar surface area (TPSA) is 61.0 Å². The summed E-state index contributed by atoms with van der Waals surface area (Å²) in [4.78, 5) is 20.6. The van der Waals surface area contributed by atoms with Crippen LogP contribution in [-0.2, 0) is 6.42 Å². The van der Waals surface area contributed by atoms with E-state index in [0.29, 0.717) is 11.9 Å². The number of aromatic nitrogens is 2. The van der Waals surface area contributed by atoms with Crippen LogP contribution in [0.2, 0.25) is 0 Å². The van der Waals surface area contributed by atoms with E-state index in [1.54, 1.807) is 0 Å². The molecule has 0 fully saturated rings. The predicted octanol–water partition coefficient (Wildman–Crippen LogP) is 1.08. The molecule has 0 aromatic carbocycles. The largest absolute Gasteiger partial charge is 0.369 e. The Bertz CT molecular complexity index is 400. The van der Waals surface area contributed by atoms with Crippen LogP contribution in [0.5, 0.6) is 0 Å². The Hall–Kier alpha value is -1.36. The number of nitrogens with one attached hydrogen (secondary N) is 2. The minimum atomic E-state index is -0.100. The van der Waals surface area contributed by atoms with Crippen LogP contribution in [0.15, 0.2) is 10.9 Å². The Balaban J connectivity index is 2.52. The maximum Gasteiger partial charge on any atom is 0.252 e. The molecule has 1 rings (SSSR count). The Morgan fingerprint density at radius 2 is 2.24 bits per heavy atom. The maximum absolute atomic E-state index is 11.3. The highest BCUT2D eigenvalue weighted by Gasteiger charge is 2.03. The second-order valence-corrected chi connectivity index (χ2v) is 4.43. The number of hydrogen-bond donors (Lipinski definition) is 2. The predicted molar refractivity (Wildman–Crippen MR) is 70.5 cm³/mol. The zero-order valence-electron chi connectivity index (χ0n) is 11.1. The zero-order chi connectivity index (χ0) is 12.8. The molecular formula is C12H22N4O. The van der Waals surface area contributed by atoms with Crippen molar-refractivity contribution in [2.24, 2.45) is 0 Å². The monoisotopic (exact) mass is 238 g/mol. The molecule has 1 aromatic rings. The van der Waals surface area contributed by atoms with Gasteiger partial charge >= 0.3 is 0 Å². The van der Waals surface area contributed by atoms with E-state index in [1.807, 2.05) is 6.92 Å². The fourth-order valence-corrected chi connectivity index (χ4v) is 1.38. The van der Waals surface area contributed by atoms with Gasteiger partial charge in [-0.25, -0.2) is 4.98 Å². The van der Waals surface area contributed by atoms with Crippen LogP contribution >= 0.6 is 0 Å². The standard InChI is InChI=1S/C12H22N4O/c1-5-10-14-11(8-12(17)15-10)13-6-7-16(4)9(2)3/h8-9H,5-7H2,1-4H3,(H2,13,14,15,17). The van der Waals surface area contributed by atoms with E-state index < -0.39 is 0 Å². The summed E-state index contributed by atoms with van der Waals surface area (Å²) >= 11 is 0. The molecule has 0 saturated heterocycles. The van der Waals surface area contributed by atoms with Crippen molar-refractivity contribution in [2.75, 3.05) is 25.5 Å². The molecule has 0 radical (unpaired) electrons. The van der Waals surface area contributed by atoms with Crippen molar-refractivity contribution in [1.82, 2.24) is 14.9 Å². The zero-order valence-corrected chi connectivity index (χ0v) is 11.1. The van der Waals surface area contributed by atoms with Gasteiger partial charge in [-0.3, -0.25) is 4.79 Å². The quantitative estimate of drug-likeness (QED) is 0.778. The van der Waals surface area contributed by atoms with Gasteiger partial charge in [0.15, 0.2) is 0 Å². The molecule has 1 heterocycles. The van der Waals surface area contributed by atoms with E-state index in [4.69, 9.17) is 0 Å². The number of likely N-dealkylation sites (N-methyl/N-ethyl adjacent to an activating group) is 1. The second kappa shape index (κ2) is 6.39. The summed E-state index contributed by atoms with van der Waals surface area (Å²) in [5, 5.41) is 3.17. The molecule has 0 bridgehead atoms. The molecule has 17 heavy (non-hydrogen) atoms. The van der Waals surface area contributed by atoms with E-state index in [0.717, 1.165) is 25.3 Å². The average molecular weight is 238 g/mol. The van der Waals surface area contributed by atoms with Gasteiger partial charge in [0.2, 0.25) is 0 Å². The van der Waals surface area contributed by atoms with E-state index >= 15 is 0 Å². The third-order valence-corrected chi connectivity index (χ3v) is 2.78. The van der Waals surface area contributed by atoms with Crippen molar-refractivity contribution in [2.45, 2.75) is 33.2 Å². The summed E-state index contributed by atoms with van der Waals surface area (Å²) in [6.45, 7) is 7.98. The van der Waals surface area contributed by atoms with Crippen molar-refractivity contribution in [3.63, 3.8) is 0 Å². The number of anilines is 1. The van der Waals surface area contributed by atoms with Gasteiger partial charge in [-0.15, -0.1) is 0 Å². The molecule has 2 N–H and O–H groups in total. The molecule has 0 aliphatic carbocycles. The van der Waals surface area contributed by atoms with E-state index in [1.165, 1.54) is 6.07 Å². The van der Waals surface area contributed by atoms with Gasteiger partial charge in [0.05, 0.1) is 0 Å². The maximum atomic E-state index is 11.3. The Kier molecular flexibility index (Phi) is 5.15. The molecular weight excluding hydrogens is 216 g/mol. The van der Waals surface area contributed by atoms with E-state index in [2.05, 4.69) is 41.1 Å². The summed E-state index contributed by atoms with van der Waals surface area (Å²) in [5.74, 6) is 1.37. The number of H-pyrrole nitrogens is 1. The summed E-state index contributed by atoms with van der Waals surface area (Å²) in [6.07, 6.45) is 0.733. The molecule has 1 aromatic heterocycles. The van der Waals surface area contributed by atoms with Crippen molar-refractivity contribution >= 4 is 5.82 Å². The highest BCUT2D eigenvalue weighted by molar-refractivity contribution is 5.32. The van der Waals surface area contributed by atoms with Gasteiger partial charge < -0.3 is 15.2 Å². The fraction of sp³-hybridized carbons (Fsp3) is 0.667. The molecule has 5 nitrogen and oxygen atoms in total. The summed E-state index contributed by atoms with van der Waals surface area (Å²) in [5.41, 5.74) is -0.100. The van der Waals surface area contributed by atoms with Crippen molar-refractivity contribution in [3.8, 4) is 0 Å². The van der Waals surface area contributed by atoms with Crippen LogP contribution in [0, 0.1) is 0 Å². The normalized spacial score (nSPS) is 11.2. The molecule has 0 atom stereocenters. The molecule has 0 amide bonds. The molecule has 0 aliphatic heterocycles. The third kappa shape index (κ3) is 4.56. The summed E-state index contributed by atoms with van der Waals surface area (Å²) in [6, 6.07) is 2.02. The second-order valence-electron chi connectivity index (χ2n) is 4.43. The van der Waals surface area contributed by atoms with Gasteiger partial charge in [-0.1, -0.05) is 6.92 Å². The third-order valence-electron chi connectivity index (χ3n) is 2.78. The highest BCUT2D eigenvalue weighted by Crippen LogP contribution is 1.99. The van der Waals surface area contributed by atoms with Crippen LogP contribution < -0.4 is 10.9 Å². The number of hydrogen-bond acceptors (Lipinski definition) is 4. The van der Waals surface area contributed by atoms with Crippen LogP contribution in [-0.4, -0.2) is 41.0 Å². The first kappa shape index (κ1) is 13.7. The van der Waals surface area contributed by atoms with Crippen LogP contribution in [0.3, 0.4) is 0 Å². The SMILES string of the molecule is CCc1nc(NCCN(C)C(C)C)cc(=O)[nH]1. The van der Waals surface area contributed by atoms with Crippen LogP contribution in [0.4, 0.5) is 5.82 Å². The minimum absolute atomic E-state index is 0.100. The van der Waals surface area contributed by atoms with Gasteiger partial charge in [0, 0.05) is 31.6 Å². The van der Waals surface area contributed by atoms with Crippen LogP contribution in [0.25, 0.3) is 0 Å². The Morgan fingerprint density at radius 3 is 2.82 bits per heavy atom. The molecule has 96 valence electrons. The van der Waals surface area contributed by atoms with Gasteiger partial charge in [-0.2, -0.15) is 0 Å². The van der Waals surface area contributed by atoms with Crippen molar-refractivity contribution in [3.05, 3.63) is 22.2 Å². The molecule has 0 unspecified atom stereocenters. The van der Waals surface area contributed by atoms with Crippen molar-refractivity contribution < 1.29 is 0 Å². The Labute approximate surface area is 102 Å².